The van der Waals surface area contributed by atoms with Gasteiger partial charge < -0.3 is 15.8 Å². The van der Waals surface area contributed by atoms with Crippen molar-refractivity contribution in [2.45, 2.75) is 58.7 Å². The van der Waals surface area contributed by atoms with Crippen LogP contribution in [0.4, 0.5) is 0 Å². The molecule has 142 valence electrons. The molecule has 25 heavy (non-hydrogen) atoms. The number of nitrogens with one attached hydrogen (secondary N) is 1. The SMILES string of the molecule is CCN1CCCC1CNC(N)=NCc1ccccc1OC(C)(C)C.I. The molecule has 0 spiro atoms. The number of likely N-dealkylation sites (N-methyl/N-ethyl adjacent to an activating group) is 1. The first-order valence-electron chi connectivity index (χ1n) is 8.94. The topological polar surface area (TPSA) is 62.9 Å². The molecule has 0 aliphatic carbocycles. The summed E-state index contributed by atoms with van der Waals surface area (Å²) in [7, 11) is 0. The van der Waals surface area contributed by atoms with Crippen LogP contribution in [-0.2, 0) is 6.54 Å². The summed E-state index contributed by atoms with van der Waals surface area (Å²) in [5.41, 5.74) is 6.87. The van der Waals surface area contributed by atoms with Gasteiger partial charge in [-0.2, -0.15) is 0 Å². The van der Waals surface area contributed by atoms with Crippen LogP contribution in [0.1, 0.15) is 46.1 Å². The minimum Gasteiger partial charge on any atom is -0.488 e. The van der Waals surface area contributed by atoms with Gasteiger partial charge in [-0.1, -0.05) is 25.1 Å². The van der Waals surface area contributed by atoms with E-state index in [1.54, 1.807) is 0 Å². The molecule has 1 aromatic carbocycles. The highest BCUT2D eigenvalue weighted by Crippen LogP contribution is 2.23. The van der Waals surface area contributed by atoms with Crippen molar-refractivity contribution in [3.05, 3.63) is 29.8 Å². The number of hydrogen-bond acceptors (Lipinski definition) is 3. The Morgan fingerprint density at radius 1 is 1.36 bits per heavy atom. The predicted molar refractivity (Wildman–Crippen MR) is 116 cm³/mol. The first-order valence-corrected chi connectivity index (χ1v) is 8.94. The van der Waals surface area contributed by atoms with Crippen LogP contribution in [0.2, 0.25) is 0 Å². The highest BCUT2D eigenvalue weighted by molar-refractivity contribution is 14.0. The van der Waals surface area contributed by atoms with Gasteiger partial charge in [0.2, 0.25) is 0 Å². The van der Waals surface area contributed by atoms with E-state index in [2.05, 4.69) is 22.1 Å². The first-order chi connectivity index (χ1) is 11.4. The lowest BCUT2D eigenvalue weighted by Gasteiger charge is -2.23. The van der Waals surface area contributed by atoms with Crippen molar-refractivity contribution in [3.63, 3.8) is 0 Å². The van der Waals surface area contributed by atoms with E-state index < -0.39 is 0 Å². The smallest absolute Gasteiger partial charge is 0.188 e. The highest BCUT2D eigenvalue weighted by Gasteiger charge is 2.22. The maximum atomic E-state index is 6.04. The first kappa shape index (κ1) is 22.0. The van der Waals surface area contributed by atoms with Crippen molar-refractivity contribution >= 4 is 29.9 Å². The van der Waals surface area contributed by atoms with Crippen LogP contribution in [0.25, 0.3) is 0 Å². The van der Waals surface area contributed by atoms with Crippen molar-refractivity contribution in [1.82, 2.24) is 10.2 Å². The number of hydrogen-bond donors (Lipinski definition) is 2. The van der Waals surface area contributed by atoms with Gasteiger partial charge in [-0.25, -0.2) is 4.99 Å². The Morgan fingerprint density at radius 2 is 2.08 bits per heavy atom. The molecular weight excluding hydrogens is 427 g/mol. The number of likely N-dealkylation sites (tertiary alicyclic amines) is 1. The Morgan fingerprint density at radius 3 is 2.76 bits per heavy atom. The zero-order chi connectivity index (χ0) is 17.6. The third kappa shape index (κ3) is 7.40. The zero-order valence-corrected chi connectivity index (χ0v) is 18.2. The molecule has 1 aliphatic heterocycles. The second kappa shape index (κ2) is 10.2. The lowest BCUT2D eigenvalue weighted by Crippen LogP contribution is -2.42. The van der Waals surface area contributed by atoms with Gasteiger partial charge in [-0.15, -0.1) is 24.0 Å². The van der Waals surface area contributed by atoms with E-state index in [0.29, 0.717) is 18.5 Å². The molecule has 1 saturated heterocycles. The molecule has 0 bridgehead atoms. The van der Waals surface area contributed by atoms with Crippen molar-refractivity contribution in [3.8, 4) is 5.75 Å². The Hall–Kier alpha value is -1.02. The van der Waals surface area contributed by atoms with Crippen LogP contribution >= 0.6 is 24.0 Å². The molecule has 1 atom stereocenters. The van der Waals surface area contributed by atoms with E-state index in [1.807, 2.05) is 45.0 Å². The average molecular weight is 460 g/mol. The standard InChI is InChI=1S/C19H32N4O.HI/c1-5-23-12-8-10-16(23)14-22-18(20)21-13-15-9-6-7-11-17(15)24-19(2,3)4;/h6-7,9,11,16H,5,8,10,12-14H2,1-4H3,(H3,20,21,22);1H. The fourth-order valence-electron chi connectivity index (χ4n) is 3.06. The van der Waals surface area contributed by atoms with E-state index in [4.69, 9.17) is 10.5 Å². The summed E-state index contributed by atoms with van der Waals surface area (Å²) in [5.74, 6) is 1.37. The van der Waals surface area contributed by atoms with Gasteiger partial charge in [0.15, 0.2) is 5.96 Å². The number of benzene rings is 1. The number of nitrogens with two attached hydrogens (primary N) is 1. The van der Waals surface area contributed by atoms with E-state index in [0.717, 1.165) is 24.4 Å². The molecule has 2 rings (SSSR count). The van der Waals surface area contributed by atoms with E-state index >= 15 is 0 Å². The van der Waals surface area contributed by atoms with Crippen LogP contribution in [-0.4, -0.2) is 42.1 Å². The molecule has 1 unspecified atom stereocenters. The summed E-state index contributed by atoms with van der Waals surface area (Å²) in [6.07, 6.45) is 2.51. The molecule has 0 aromatic heterocycles. The summed E-state index contributed by atoms with van der Waals surface area (Å²) in [6, 6.07) is 8.57. The van der Waals surface area contributed by atoms with Gasteiger partial charge in [0, 0.05) is 18.2 Å². The maximum Gasteiger partial charge on any atom is 0.188 e. The summed E-state index contributed by atoms with van der Waals surface area (Å²) in [6.45, 7) is 12.0. The quantitative estimate of drug-likeness (QED) is 0.388. The van der Waals surface area contributed by atoms with Crippen LogP contribution in [0.15, 0.2) is 29.3 Å². The summed E-state index contributed by atoms with van der Waals surface area (Å²) in [4.78, 5) is 6.97. The number of nitrogens with zero attached hydrogens (tertiary/aromatic N) is 2. The normalized spacial score (nSPS) is 18.7. The summed E-state index contributed by atoms with van der Waals surface area (Å²) in [5, 5.41) is 3.27. The van der Waals surface area contributed by atoms with Gasteiger partial charge in [0.05, 0.1) is 6.54 Å². The highest BCUT2D eigenvalue weighted by atomic mass is 127. The molecule has 1 aromatic rings. The monoisotopic (exact) mass is 460 g/mol. The zero-order valence-electron chi connectivity index (χ0n) is 15.9. The number of para-hydroxylation sites is 1. The Bertz CT molecular complexity index is 557. The van der Waals surface area contributed by atoms with Crippen LogP contribution < -0.4 is 15.8 Å². The van der Waals surface area contributed by atoms with Gasteiger partial charge in [0.1, 0.15) is 11.4 Å². The number of guanidine groups is 1. The Kier molecular flexibility index (Phi) is 8.99. The van der Waals surface area contributed by atoms with Crippen molar-refractivity contribution in [2.24, 2.45) is 10.7 Å². The average Bonchev–Trinajstić information content (AvgIpc) is 2.98. The van der Waals surface area contributed by atoms with E-state index in [9.17, 15) is 0 Å². The van der Waals surface area contributed by atoms with Crippen molar-refractivity contribution in [2.75, 3.05) is 19.6 Å². The van der Waals surface area contributed by atoms with Crippen LogP contribution in [0, 0.1) is 0 Å². The van der Waals surface area contributed by atoms with Crippen LogP contribution in [0.5, 0.6) is 5.75 Å². The third-order valence-electron chi connectivity index (χ3n) is 4.23. The number of ether oxygens (including phenoxy) is 1. The van der Waals surface area contributed by atoms with E-state index in [1.165, 1.54) is 19.4 Å². The van der Waals surface area contributed by atoms with Crippen molar-refractivity contribution < 1.29 is 4.74 Å². The largest absolute Gasteiger partial charge is 0.488 e. The summed E-state index contributed by atoms with van der Waals surface area (Å²) < 4.78 is 6.00. The van der Waals surface area contributed by atoms with Crippen molar-refractivity contribution in [1.29, 1.82) is 0 Å². The van der Waals surface area contributed by atoms with Gasteiger partial charge in [-0.3, -0.25) is 4.90 Å². The van der Waals surface area contributed by atoms with Gasteiger partial charge in [0.25, 0.3) is 0 Å². The number of rotatable bonds is 6. The Labute approximate surface area is 169 Å². The molecule has 1 heterocycles. The molecule has 1 aliphatic rings. The predicted octanol–water partition coefficient (Wildman–Crippen LogP) is 3.37. The number of aliphatic imine (C=N–C) groups is 1. The second-order valence-corrected chi connectivity index (χ2v) is 7.33. The fourth-order valence-corrected chi connectivity index (χ4v) is 3.06. The molecule has 0 saturated carbocycles. The molecule has 1 fully saturated rings. The molecule has 6 heteroatoms. The minimum absolute atomic E-state index is 0. The fraction of sp³-hybridized carbons (Fsp3) is 0.632. The second-order valence-electron chi connectivity index (χ2n) is 7.33. The van der Waals surface area contributed by atoms with Crippen LogP contribution in [0.3, 0.4) is 0 Å². The molecule has 0 radical (unpaired) electrons. The maximum absolute atomic E-state index is 6.04. The third-order valence-corrected chi connectivity index (χ3v) is 4.23. The number of halogens is 1. The summed E-state index contributed by atoms with van der Waals surface area (Å²) >= 11 is 0. The molecule has 0 amide bonds. The molecule has 3 N–H and O–H groups in total. The molecular formula is C19H33IN4O. The minimum atomic E-state index is -0.226. The van der Waals surface area contributed by atoms with E-state index in [-0.39, 0.29) is 29.6 Å². The van der Waals surface area contributed by atoms with Gasteiger partial charge >= 0.3 is 0 Å². The Balaban J connectivity index is 0.00000312. The van der Waals surface area contributed by atoms with Gasteiger partial charge in [-0.05, 0) is 52.8 Å². The molecule has 5 nitrogen and oxygen atoms in total. The lowest BCUT2D eigenvalue weighted by molar-refractivity contribution is 0.129. The lowest BCUT2D eigenvalue weighted by atomic mass is 10.1.